The Kier molecular flexibility index (Phi) is 4.38. The molecule has 104 valence electrons. The number of carbonyl (C=O) groups is 1. The zero-order valence-electron chi connectivity index (χ0n) is 9.86. The molecule has 0 saturated carbocycles. The van der Waals surface area contributed by atoms with Crippen molar-refractivity contribution in [2.24, 2.45) is 0 Å². The standard InChI is InChI=1S/C9H11N3O6S/c1-19(17,18)5-4-10-8-7(12(15)16)3-2-6(11-8)9(13)14/h2-3H,4-5H2,1H3,(H,10,11)(H,13,14). The number of hydrogen-bond acceptors (Lipinski definition) is 7. The highest BCUT2D eigenvalue weighted by atomic mass is 32.2. The van der Waals surface area contributed by atoms with Crippen LogP contribution in [0.4, 0.5) is 11.5 Å². The molecule has 19 heavy (non-hydrogen) atoms. The predicted molar refractivity (Wildman–Crippen MR) is 66.1 cm³/mol. The van der Waals surface area contributed by atoms with Crippen molar-refractivity contribution in [1.29, 1.82) is 0 Å². The number of hydrogen-bond donors (Lipinski definition) is 2. The highest BCUT2D eigenvalue weighted by Crippen LogP contribution is 2.21. The fourth-order valence-corrected chi connectivity index (χ4v) is 1.68. The van der Waals surface area contributed by atoms with Gasteiger partial charge in [-0.05, 0) is 6.07 Å². The van der Waals surface area contributed by atoms with Gasteiger partial charge in [-0.3, -0.25) is 10.1 Å². The van der Waals surface area contributed by atoms with Crippen LogP contribution in [-0.4, -0.2) is 48.0 Å². The van der Waals surface area contributed by atoms with Crippen LogP contribution in [0.15, 0.2) is 12.1 Å². The minimum absolute atomic E-state index is 0.101. The fourth-order valence-electron chi connectivity index (χ4n) is 1.20. The van der Waals surface area contributed by atoms with E-state index in [1.807, 2.05) is 0 Å². The molecule has 0 aromatic carbocycles. The van der Waals surface area contributed by atoms with Gasteiger partial charge in [0.05, 0.1) is 10.7 Å². The molecule has 0 aliphatic heterocycles. The number of rotatable bonds is 6. The zero-order chi connectivity index (χ0) is 14.6. The van der Waals surface area contributed by atoms with Crippen molar-refractivity contribution in [3.05, 3.63) is 27.9 Å². The van der Waals surface area contributed by atoms with E-state index in [4.69, 9.17) is 5.11 Å². The number of aromatic nitrogens is 1. The lowest BCUT2D eigenvalue weighted by Gasteiger charge is -2.06. The highest BCUT2D eigenvalue weighted by Gasteiger charge is 2.18. The molecule has 2 N–H and O–H groups in total. The van der Waals surface area contributed by atoms with Crippen molar-refractivity contribution in [2.75, 3.05) is 23.9 Å². The number of pyridine rings is 1. The Labute approximate surface area is 108 Å². The van der Waals surface area contributed by atoms with Crippen LogP contribution >= 0.6 is 0 Å². The number of sulfone groups is 1. The van der Waals surface area contributed by atoms with Gasteiger partial charge in [0.2, 0.25) is 5.82 Å². The first-order chi connectivity index (χ1) is 8.70. The van der Waals surface area contributed by atoms with Crippen LogP contribution in [0.3, 0.4) is 0 Å². The van der Waals surface area contributed by atoms with Gasteiger partial charge in [0.1, 0.15) is 9.84 Å². The van der Waals surface area contributed by atoms with Gasteiger partial charge in [-0.1, -0.05) is 0 Å². The molecule has 0 spiro atoms. The Balaban J connectivity index is 2.98. The molecule has 10 heteroatoms. The van der Waals surface area contributed by atoms with Gasteiger partial charge < -0.3 is 10.4 Å². The van der Waals surface area contributed by atoms with E-state index < -0.39 is 26.4 Å². The van der Waals surface area contributed by atoms with E-state index in [-0.39, 0.29) is 23.8 Å². The molecule has 1 aromatic heterocycles. The number of carboxylic acid groups (broad SMARTS) is 1. The number of carboxylic acids is 1. The summed E-state index contributed by atoms with van der Waals surface area (Å²) in [6.07, 6.45) is 1.02. The first-order valence-corrected chi connectivity index (χ1v) is 7.07. The smallest absolute Gasteiger partial charge is 0.354 e. The van der Waals surface area contributed by atoms with E-state index >= 15 is 0 Å². The van der Waals surface area contributed by atoms with E-state index in [0.717, 1.165) is 18.4 Å². The predicted octanol–water partition coefficient (Wildman–Crippen LogP) is 0.145. The molecule has 0 amide bonds. The average molecular weight is 289 g/mol. The topological polar surface area (TPSA) is 140 Å². The first-order valence-electron chi connectivity index (χ1n) is 5.01. The van der Waals surface area contributed by atoms with Gasteiger partial charge in [0.25, 0.3) is 0 Å². The molecule has 9 nitrogen and oxygen atoms in total. The van der Waals surface area contributed by atoms with Crippen molar-refractivity contribution >= 4 is 27.3 Å². The van der Waals surface area contributed by atoms with E-state index in [2.05, 4.69) is 10.3 Å². The summed E-state index contributed by atoms with van der Waals surface area (Å²) < 4.78 is 21.9. The lowest BCUT2D eigenvalue weighted by atomic mass is 10.3. The lowest BCUT2D eigenvalue weighted by Crippen LogP contribution is -2.16. The molecular weight excluding hydrogens is 278 g/mol. The lowest BCUT2D eigenvalue weighted by molar-refractivity contribution is -0.384. The van der Waals surface area contributed by atoms with E-state index in [1.54, 1.807) is 0 Å². The number of anilines is 1. The second-order valence-electron chi connectivity index (χ2n) is 3.68. The minimum atomic E-state index is -3.23. The van der Waals surface area contributed by atoms with Crippen LogP contribution in [0.25, 0.3) is 0 Å². The molecule has 0 unspecified atom stereocenters. The van der Waals surface area contributed by atoms with Crippen molar-refractivity contribution < 1.29 is 23.2 Å². The molecule has 0 atom stereocenters. The zero-order valence-corrected chi connectivity index (χ0v) is 10.7. The molecule has 0 saturated heterocycles. The first kappa shape index (κ1) is 14.8. The van der Waals surface area contributed by atoms with Crippen molar-refractivity contribution in [2.45, 2.75) is 0 Å². The summed E-state index contributed by atoms with van der Waals surface area (Å²) in [5, 5.41) is 21.9. The van der Waals surface area contributed by atoms with Crippen LogP contribution in [0.2, 0.25) is 0 Å². The molecule has 0 fully saturated rings. The van der Waals surface area contributed by atoms with Gasteiger partial charge in [-0.25, -0.2) is 18.2 Å². The van der Waals surface area contributed by atoms with E-state index in [9.17, 15) is 23.3 Å². The maximum absolute atomic E-state index is 10.9. The number of nitrogens with one attached hydrogen (secondary N) is 1. The summed E-state index contributed by atoms with van der Waals surface area (Å²) in [6.45, 7) is -0.101. The summed E-state index contributed by atoms with van der Waals surface area (Å²) in [7, 11) is -3.23. The van der Waals surface area contributed by atoms with Crippen LogP contribution < -0.4 is 5.32 Å². The third kappa shape index (κ3) is 4.50. The van der Waals surface area contributed by atoms with Gasteiger partial charge in [-0.2, -0.15) is 0 Å². The van der Waals surface area contributed by atoms with Gasteiger partial charge >= 0.3 is 11.7 Å². The van der Waals surface area contributed by atoms with Crippen molar-refractivity contribution in [1.82, 2.24) is 4.98 Å². The van der Waals surface area contributed by atoms with Gasteiger partial charge in [0, 0.05) is 18.9 Å². The quantitative estimate of drug-likeness (QED) is 0.557. The van der Waals surface area contributed by atoms with Crippen LogP contribution in [0.5, 0.6) is 0 Å². The maximum Gasteiger partial charge on any atom is 0.354 e. The summed E-state index contributed by atoms with van der Waals surface area (Å²) in [4.78, 5) is 24.3. The Morgan fingerprint density at radius 1 is 1.53 bits per heavy atom. The second-order valence-corrected chi connectivity index (χ2v) is 5.94. The second kappa shape index (κ2) is 5.61. The third-order valence-electron chi connectivity index (χ3n) is 2.06. The molecule has 0 aliphatic rings. The SMILES string of the molecule is CS(=O)(=O)CCNc1nc(C(=O)O)ccc1[N+](=O)[O-]. The van der Waals surface area contributed by atoms with E-state index in [1.165, 1.54) is 0 Å². The number of aromatic carboxylic acids is 1. The molecule has 0 radical (unpaired) electrons. The normalized spacial score (nSPS) is 11.0. The number of nitro groups is 1. The molecular formula is C9H11N3O6S. The van der Waals surface area contributed by atoms with Crippen LogP contribution in [0, 0.1) is 10.1 Å². The summed E-state index contributed by atoms with van der Waals surface area (Å²) >= 11 is 0. The maximum atomic E-state index is 10.9. The monoisotopic (exact) mass is 289 g/mol. The van der Waals surface area contributed by atoms with Gasteiger partial charge in [-0.15, -0.1) is 0 Å². The molecule has 1 aromatic rings. The Morgan fingerprint density at radius 2 is 2.16 bits per heavy atom. The third-order valence-corrected chi connectivity index (χ3v) is 3.00. The molecule has 1 rings (SSSR count). The Hall–Kier alpha value is -2.23. The largest absolute Gasteiger partial charge is 0.477 e. The summed E-state index contributed by atoms with van der Waals surface area (Å²) in [5.41, 5.74) is -0.786. The van der Waals surface area contributed by atoms with E-state index in [0.29, 0.717) is 0 Å². The molecule has 0 aliphatic carbocycles. The molecule has 0 bridgehead atoms. The van der Waals surface area contributed by atoms with Crippen molar-refractivity contribution in [3.63, 3.8) is 0 Å². The summed E-state index contributed by atoms with van der Waals surface area (Å²) in [5.74, 6) is -1.85. The van der Waals surface area contributed by atoms with Gasteiger partial charge in [0.15, 0.2) is 5.69 Å². The highest BCUT2D eigenvalue weighted by molar-refractivity contribution is 7.90. The van der Waals surface area contributed by atoms with Crippen LogP contribution in [0.1, 0.15) is 10.5 Å². The van der Waals surface area contributed by atoms with Crippen LogP contribution in [-0.2, 0) is 9.84 Å². The minimum Gasteiger partial charge on any atom is -0.477 e. The molecule has 1 heterocycles. The summed E-state index contributed by atoms with van der Waals surface area (Å²) in [6, 6.07) is 2.00. The Bertz CT molecular complexity index is 612. The fraction of sp³-hybridized carbons (Fsp3) is 0.333. The average Bonchev–Trinajstić information content (AvgIpc) is 2.26. The van der Waals surface area contributed by atoms with Crippen molar-refractivity contribution in [3.8, 4) is 0 Å². The Morgan fingerprint density at radius 3 is 2.63 bits per heavy atom. The number of nitrogens with zero attached hydrogens (tertiary/aromatic N) is 2.